The second-order valence-corrected chi connectivity index (χ2v) is 7.05. The summed E-state index contributed by atoms with van der Waals surface area (Å²) in [7, 11) is 0. The molecule has 0 bridgehead atoms. The van der Waals surface area contributed by atoms with Crippen LogP contribution in [0, 0.1) is 19.8 Å². The van der Waals surface area contributed by atoms with E-state index in [2.05, 4.69) is 6.92 Å². The monoisotopic (exact) mass is 346 g/mol. The summed E-state index contributed by atoms with van der Waals surface area (Å²) in [4.78, 5) is 14.8. The van der Waals surface area contributed by atoms with Gasteiger partial charge in [0.25, 0.3) is 5.91 Å². The number of hydrogen-bond acceptors (Lipinski definition) is 2. The third kappa shape index (κ3) is 2.85. The minimum Gasteiger partial charge on any atom is -0.394 e. The van der Waals surface area contributed by atoms with Gasteiger partial charge in [-0.05, 0) is 50.5 Å². The van der Waals surface area contributed by atoms with E-state index < -0.39 is 0 Å². The topological polar surface area (TPSA) is 45.5 Å². The van der Waals surface area contributed by atoms with Gasteiger partial charge in [-0.2, -0.15) is 0 Å². The maximum atomic E-state index is 13.0. The van der Waals surface area contributed by atoms with Gasteiger partial charge in [0.1, 0.15) is 0 Å². The fourth-order valence-electron chi connectivity index (χ4n) is 3.69. The summed E-state index contributed by atoms with van der Waals surface area (Å²) in [6.45, 7) is 6.74. The van der Waals surface area contributed by atoms with Crippen LogP contribution < -0.4 is 0 Å². The number of carbonyl (C=O) groups is 1. The number of carbonyl (C=O) groups excluding carboxylic acids is 1. The molecule has 1 amide bonds. The zero-order valence-corrected chi connectivity index (χ0v) is 15.0. The molecule has 2 atom stereocenters. The maximum absolute atomic E-state index is 13.0. The van der Waals surface area contributed by atoms with Crippen LogP contribution in [0.1, 0.15) is 35.1 Å². The molecule has 0 aliphatic carbocycles. The van der Waals surface area contributed by atoms with Crippen LogP contribution in [0.5, 0.6) is 0 Å². The minimum absolute atomic E-state index is 0.000205. The summed E-state index contributed by atoms with van der Waals surface area (Å²) < 4.78 is 2.05. The Kier molecular flexibility index (Phi) is 4.70. The number of hydrogen-bond donors (Lipinski definition) is 1. The highest BCUT2D eigenvalue weighted by atomic mass is 35.5. The first-order chi connectivity index (χ1) is 11.4. The van der Waals surface area contributed by atoms with Gasteiger partial charge in [-0.1, -0.05) is 24.6 Å². The average Bonchev–Trinajstić information content (AvgIpc) is 3.06. The first kappa shape index (κ1) is 17.1. The second-order valence-electron chi connectivity index (χ2n) is 6.61. The van der Waals surface area contributed by atoms with Crippen LogP contribution in [0.2, 0.25) is 5.02 Å². The number of rotatable bonds is 3. The lowest BCUT2D eigenvalue weighted by Crippen LogP contribution is -2.40. The van der Waals surface area contributed by atoms with Gasteiger partial charge in [-0.15, -0.1) is 0 Å². The fourth-order valence-corrected chi connectivity index (χ4v) is 3.87. The summed E-state index contributed by atoms with van der Waals surface area (Å²) >= 11 is 6.11. The van der Waals surface area contributed by atoms with Crippen LogP contribution in [0.4, 0.5) is 0 Å². The number of aliphatic hydroxyl groups is 1. The minimum atomic E-state index is -0.0910. The van der Waals surface area contributed by atoms with Gasteiger partial charge in [0.05, 0.1) is 18.2 Å². The highest BCUT2D eigenvalue weighted by Gasteiger charge is 2.35. The molecular weight excluding hydrogens is 324 g/mol. The standard InChI is InChI=1S/C19H23ClN2O2/c1-12-7-8-21(18(12)11-23)19(24)17-9-13(2)22(14(17)3)16-6-4-5-15(20)10-16/h4-6,9-10,12,18,23H,7-8,11H2,1-3H3/t12-,18+/m0/s1. The van der Waals surface area contributed by atoms with Crippen LogP contribution in [-0.2, 0) is 0 Å². The molecule has 1 saturated heterocycles. The number of amides is 1. The first-order valence-electron chi connectivity index (χ1n) is 8.30. The van der Waals surface area contributed by atoms with Gasteiger partial charge < -0.3 is 14.6 Å². The Labute approximate surface area is 147 Å². The zero-order valence-electron chi connectivity index (χ0n) is 14.3. The second kappa shape index (κ2) is 6.61. The summed E-state index contributed by atoms with van der Waals surface area (Å²) in [6, 6.07) is 9.45. The molecule has 4 nitrogen and oxygen atoms in total. The Morgan fingerprint density at radius 2 is 2.08 bits per heavy atom. The highest BCUT2D eigenvalue weighted by molar-refractivity contribution is 6.30. The molecule has 128 valence electrons. The summed E-state index contributed by atoms with van der Waals surface area (Å²) in [5, 5.41) is 10.3. The normalized spacial score (nSPS) is 20.6. The van der Waals surface area contributed by atoms with Crippen molar-refractivity contribution < 1.29 is 9.90 Å². The van der Waals surface area contributed by atoms with Gasteiger partial charge in [-0.3, -0.25) is 4.79 Å². The molecule has 2 heterocycles. The van der Waals surface area contributed by atoms with Crippen LogP contribution in [0.3, 0.4) is 0 Å². The van der Waals surface area contributed by atoms with Gasteiger partial charge in [0, 0.05) is 28.6 Å². The van der Waals surface area contributed by atoms with Crippen molar-refractivity contribution in [3.63, 3.8) is 0 Å². The van der Waals surface area contributed by atoms with E-state index in [1.54, 1.807) is 0 Å². The molecular formula is C19H23ClN2O2. The van der Waals surface area contributed by atoms with Gasteiger partial charge in [0.15, 0.2) is 0 Å². The number of nitrogens with zero attached hydrogens (tertiary/aromatic N) is 2. The van der Waals surface area contributed by atoms with Crippen molar-refractivity contribution in [1.29, 1.82) is 0 Å². The predicted octanol–water partition coefficient (Wildman–Crippen LogP) is 3.59. The molecule has 2 aromatic rings. The predicted molar refractivity (Wildman–Crippen MR) is 95.9 cm³/mol. The van der Waals surface area contributed by atoms with E-state index in [-0.39, 0.29) is 18.6 Å². The molecule has 1 fully saturated rings. The van der Waals surface area contributed by atoms with E-state index in [0.29, 0.717) is 23.0 Å². The largest absolute Gasteiger partial charge is 0.394 e. The SMILES string of the molecule is Cc1cc(C(=O)N2CC[C@H](C)[C@H]2CO)c(C)n1-c1cccc(Cl)c1. The average molecular weight is 347 g/mol. The van der Waals surface area contributed by atoms with E-state index in [9.17, 15) is 9.90 Å². The molecule has 0 unspecified atom stereocenters. The van der Waals surface area contributed by atoms with Gasteiger partial charge >= 0.3 is 0 Å². The van der Waals surface area contributed by atoms with E-state index >= 15 is 0 Å². The molecule has 3 rings (SSSR count). The van der Waals surface area contributed by atoms with Crippen LogP contribution in [-0.4, -0.2) is 39.7 Å². The molecule has 1 aromatic carbocycles. The molecule has 0 radical (unpaired) electrons. The highest BCUT2D eigenvalue weighted by Crippen LogP contribution is 2.28. The molecule has 1 N–H and O–H groups in total. The van der Waals surface area contributed by atoms with E-state index in [1.807, 2.05) is 53.6 Å². The fraction of sp³-hybridized carbons (Fsp3) is 0.421. The summed E-state index contributed by atoms with van der Waals surface area (Å²) in [5.41, 5.74) is 3.53. The van der Waals surface area contributed by atoms with Crippen LogP contribution in [0.25, 0.3) is 5.69 Å². The Bertz CT molecular complexity index is 769. The number of likely N-dealkylation sites (tertiary alicyclic amines) is 1. The van der Waals surface area contributed by atoms with E-state index in [4.69, 9.17) is 11.6 Å². The third-order valence-electron chi connectivity index (χ3n) is 5.06. The van der Waals surface area contributed by atoms with E-state index in [0.717, 1.165) is 23.5 Å². The first-order valence-corrected chi connectivity index (χ1v) is 8.68. The van der Waals surface area contributed by atoms with Crippen LogP contribution in [0.15, 0.2) is 30.3 Å². The molecule has 1 aromatic heterocycles. The van der Waals surface area contributed by atoms with Crippen molar-refractivity contribution in [3.8, 4) is 5.69 Å². The number of aryl methyl sites for hydroxylation is 1. The summed E-state index contributed by atoms with van der Waals surface area (Å²) in [5.74, 6) is 0.329. The van der Waals surface area contributed by atoms with Crippen LogP contribution >= 0.6 is 11.6 Å². The molecule has 0 spiro atoms. The van der Waals surface area contributed by atoms with Crippen molar-refractivity contribution in [3.05, 3.63) is 52.3 Å². The number of halogens is 1. The molecule has 5 heteroatoms. The number of benzene rings is 1. The van der Waals surface area contributed by atoms with Crippen molar-refractivity contribution in [2.75, 3.05) is 13.2 Å². The molecule has 0 saturated carbocycles. The Morgan fingerprint density at radius 3 is 2.75 bits per heavy atom. The molecule has 24 heavy (non-hydrogen) atoms. The number of aliphatic hydroxyl groups excluding tert-OH is 1. The molecule has 1 aliphatic heterocycles. The Morgan fingerprint density at radius 1 is 1.33 bits per heavy atom. The van der Waals surface area contributed by atoms with Crippen molar-refractivity contribution in [2.45, 2.75) is 33.2 Å². The maximum Gasteiger partial charge on any atom is 0.256 e. The lowest BCUT2D eigenvalue weighted by atomic mass is 10.0. The smallest absolute Gasteiger partial charge is 0.256 e. The van der Waals surface area contributed by atoms with Gasteiger partial charge in [0.2, 0.25) is 0 Å². The molecule has 1 aliphatic rings. The number of aromatic nitrogens is 1. The summed E-state index contributed by atoms with van der Waals surface area (Å²) in [6.07, 6.45) is 0.935. The zero-order chi connectivity index (χ0) is 17.4. The van der Waals surface area contributed by atoms with E-state index in [1.165, 1.54) is 0 Å². The van der Waals surface area contributed by atoms with Crippen molar-refractivity contribution >= 4 is 17.5 Å². The van der Waals surface area contributed by atoms with Gasteiger partial charge in [-0.25, -0.2) is 0 Å². The Hall–Kier alpha value is -1.78. The van der Waals surface area contributed by atoms with Crippen molar-refractivity contribution in [2.24, 2.45) is 5.92 Å². The lowest BCUT2D eigenvalue weighted by Gasteiger charge is -2.25. The quantitative estimate of drug-likeness (QED) is 0.923. The van der Waals surface area contributed by atoms with Crippen molar-refractivity contribution in [1.82, 2.24) is 9.47 Å². The Balaban J connectivity index is 1.99. The third-order valence-corrected chi connectivity index (χ3v) is 5.29. The lowest BCUT2D eigenvalue weighted by molar-refractivity contribution is 0.0647.